The average molecular weight is 183 g/mol. The molecule has 0 amide bonds. The summed E-state index contributed by atoms with van der Waals surface area (Å²) in [6, 6.07) is 4.37. The standard InChI is InChI=1S/C8H3ClO3/c9-6-2-4-1-5(3-6)8(11)12-7(4)10/h1-3H. The van der Waals surface area contributed by atoms with Crippen LogP contribution in [-0.4, -0.2) is 11.9 Å². The minimum absolute atomic E-state index is 0.317. The van der Waals surface area contributed by atoms with Gasteiger partial charge in [0.05, 0.1) is 11.1 Å². The third-order valence-electron chi connectivity index (χ3n) is 1.55. The molecule has 1 heterocycles. The van der Waals surface area contributed by atoms with Crippen LogP contribution in [0.25, 0.3) is 0 Å². The number of fused-ring (bicyclic) bond motifs is 2. The molecular formula is C8H3ClO3. The van der Waals surface area contributed by atoms with Crippen LogP contribution in [0.4, 0.5) is 0 Å². The molecule has 1 aromatic carbocycles. The van der Waals surface area contributed by atoms with Crippen molar-refractivity contribution in [3.63, 3.8) is 0 Å². The lowest BCUT2D eigenvalue weighted by Gasteiger charge is -2.10. The van der Waals surface area contributed by atoms with Crippen molar-refractivity contribution in [1.82, 2.24) is 0 Å². The summed E-state index contributed by atoms with van der Waals surface area (Å²) < 4.78 is 4.38. The van der Waals surface area contributed by atoms with Crippen molar-refractivity contribution in [2.24, 2.45) is 0 Å². The van der Waals surface area contributed by atoms with Crippen LogP contribution in [0.3, 0.4) is 0 Å². The Morgan fingerprint density at radius 1 is 1.00 bits per heavy atom. The zero-order chi connectivity index (χ0) is 8.72. The highest BCUT2D eigenvalue weighted by Crippen LogP contribution is 2.20. The van der Waals surface area contributed by atoms with Crippen LogP contribution in [-0.2, 0) is 4.74 Å². The topological polar surface area (TPSA) is 43.4 Å². The number of benzene rings is 1. The van der Waals surface area contributed by atoms with Crippen molar-refractivity contribution in [3.8, 4) is 0 Å². The molecule has 0 aliphatic carbocycles. The predicted molar refractivity (Wildman–Crippen MR) is 41.2 cm³/mol. The molecule has 0 unspecified atom stereocenters. The van der Waals surface area contributed by atoms with Gasteiger partial charge in [-0.1, -0.05) is 11.6 Å². The zero-order valence-electron chi connectivity index (χ0n) is 5.83. The van der Waals surface area contributed by atoms with E-state index in [2.05, 4.69) is 4.74 Å². The molecule has 12 heavy (non-hydrogen) atoms. The van der Waals surface area contributed by atoms with E-state index in [4.69, 9.17) is 11.6 Å². The largest absolute Gasteiger partial charge is 0.386 e. The van der Waals surface area contributed by atoms with E-state index in [1.165, 1.54) is 18.2 Å². The molecule has 0 aromatic heterocycles. The Balaban J connectivity index is 2.69. The molecule has 3 nitrogen and oxygen atoms in total. The summed E-state index contributed by atoms with van der Waals surface area (Å²) >= 11 is 5.63. The average Bonchev–Trinajstić information content (AvgIpc) is 2.01. The van der Waals surface area contributed by atoms with E-state index < -0.39 is 11.9 Å². The van der Waals surface area contributed by atoms with Crippen LogP contribution in [0.1, 0.15) is 20.7 Å². The summed E-state index contributed by atoms with van der Waals surface area (Å²) in [5.74, 6) is -1.29. The van der Waals surface area contributed by atoms with E-state index in [0.717, 1.165) is 0 Å². The Morgan fingerprint density at radius 2 is 1.50 bits per heavy atom. The zero-order valence-corrected chi connectivity index (χ0v) is 6.59. The number of carbonyl (C=O) groups excluding carboxylic acids is 2. The Bertz CT molecular complexity index is 352. The first-order valence-corrected chi connectivity index (χ1v) is 3.62. The quantitative estimate of drug-likeness (QED) is 0.453. The Kier molecular flexibility index (Phi) is 1.41. The second kappa shape index (κ2) is 2.32. The number of hydrogen-bond acceptors (Lipinski definition) is 3. The first-order chi connectivity index (χ1) is 5.66. The van der Waals surface area contributed by atoms with Crippen LogP contribution in [0.15, 0.2) is 18.2 Å². The van der Waals surface area contributed by atoms with E-state index in [0.29, 0.717) is 16.1 Å². The lowest BCUT2D eigenvalue weighted by molar-refractivity contribution is 0.0385. The number of hydrogen-bond donors (Lipinski definition) is 0. The maximum atomic E-state index is 10.9. The molecule has 0 spiro atoms. The smallest absolute Gasteiger partial charge is 0.346 e. The molecule has 1 aliphatic heterocycles. The fourth-order valence-electron chi connectivity index (χ4n) is 1.03. The molecule has 0 saturated carbocycles. The minimum Gasteiger partial charge on any atom is -0.386 e. The second-order valence-electron chi connectivity index (χ2n) is 2.41. The molecule has 0 fully saturated rings. The molecule has 2 bridgehead atoms. The van der Waals surface area contributed by atoms with Crippen molar-refractivity contribution in [3.05, 3.63) is 34.3 Å². The highest BCUT2D eigenvalue weighted by Gasteiger charge is 2.22. The Morgan fingerprint density at radius 3 is 2.00 bits per heavy atom. The summed E-state index contributed by atoms with van der Waals surface area (Å²) in [5.41, 5.74) is 0.634. The molecule has 1 aliphatic rings. The van der Waals surface area contributed by atoms with Crippen molar-refractivity contribution in [2.75, 3.05) is 0 Å². The van der Waals surface area contributed by atoms with Gasteiger partial charge in [-0.25, -0.2) is 9.59 Å². The lowest BCUT2D eigenvalue weighted by Crippen LogP contribution is -2.18. The van der Waals surface area contributed by atoms with Gasteiger partial charge in [0.1, 0.15) is 0 Å². The normalized spacial score (nSPS) is 14.4. The van der Waals surface area contributed by atoms with Crippen LogP contribution in [0.2, 0.25) is 5.02 Å². The maximum absolute atomic E-state index is 10.9. The molecule has 0 N–H and O–H groups in total. The van der Waals surface area contributed by atoms with E-state index in [1.54, 1.807) is 0 Å². The molecule has 0 saturated heterocycles. The molecule has 4 heteroatoms. The number of esters is 2. The maximum Gasteiger partial charge on any atom is 0.346 e. The number of carbonyl (C=O) groups is 2. The third-order valence-corrected chi connectivity index (χ3v) is 1.77. The Hall–Kier alpha value is -1.35. The van der Waals surface area contributed by atoms with Crippen molar-refractivity contribution >= 4 is 23.5 Å². The van der Waals surface area contributed by atoms with Crippen molar-refractivity contribution in [1.29, 1.82) is 0 Å². The van der Waals surface area contributed by atoms with Gasteiger partial charge in [-0.05, 0) is 18.2 Å². The second-order valence-corrected chi connectivity index (χ2v) is 2.84. The number of cyclic esters (lactones) is 2. The highest BCUT2D eigenvalue weighted by atomic mass is 35.5. The lowest BCUT2D eigenvalue weighted by atomic mass is 10.1. The van der Waals surface area contributed by atoms with Crippen molar-refractivity contribution < 1.29 is 14.3 Å². The van der Waals surface area contributed by atoms with E-state index in [9.17, 15) is 9.59 Å². The van der Waals surface area contributed by atoms with Gasteiger partial charge in [0, 0.05) is 5.02 Å². The van der Waals surface area contributed by atoms with Gasteiger partial charge >= 0.3 is 11.9 Å². The van der Waals surface area contributed by atoms with Crippen LogP contribution < -0.4 is 0 Å². The van der Waals surface area contributed by atoms with Crippen LogP contribution in [0.5, 0.6) is 0 Å². The van der Waals surface area contributed by atoms with Crippen LogP contribution in [0, 0.1) is 0 Å². The van der Waals surface area contributed by atoms with Gasteiger partial charge in [0.2, 0.25) is 0 Å². The summed E-state index contributed by atoms with van der Waals surface area (Å²) in [6.07, 6.45) is 0. The molecule has 0 radical (unpaired) electrons. The summed E-state index contributed by atoms with van der Waals surface area (Å²) in [6.45, 7) is 0. The number of halogens is 1. The van der Waals surface area contributed by atoms with Gasteiger partial charge < -0.3 is 4.74 Å². The van der Waals surface area contributed by atoms with Gasteiger partial charge in [-0.15, -0.1) is 0 Å². The third kappa shape index (κ3) is 0.987. The van der Waals surface area contributed by atoms with E-state index in [-0.39, 0.29) is 0 Å². The summed E-state index contributed by atoms with van der Waals surface area (Å²) in [5, 5.41) is 0.368. The molecular weight excluding hydrogens is 180 g/mol. The summed E-state index contributed by atoms with van der Waals surface area (Å²) in [4.78, 5) is 21.8. The number of rotatable bonds is 0. The predicted octanol–water partition coefficient (Wildman–Crippen LogP) is 1.65. The van der Waals surface area contributed by atoms with Gasteiger partial charge in [-0.2, -0.15) is 0 Å². The number of ether oxygens (including phenoxy) is 1. The van der Waals surface area contributed by atoms with Gasteiger partial charge in [-0.3, -0.25) is 0 Å². The Labute approximate surface area is 72.9 Å². The molecule has 2 rings (SSSR count). The molecule has 0 atom stereocenters. The highest BCUT2D eigenvalue weighted by molar-refractivity contribution is 6.31. The molecule has 1 aromatic rings. The van der Waals surface area contributed by atoms with Crippen molar-refractivity contribution in [2.45, 2.75) is 0 Å². The SMILES string of the molecule is O=C1OC(=O)c2cc(Cl)cc1c2. The monoisotopic (exact) mass is 182 g/mol. The van der Waals surface area contributed by atoms with Gasteiger partial charge in [0.25, 0.3) is 0 Å². The van der Waals surface area contributed by atoms with Crippen LogP contribution >= 0.6 is 11.6 Å². The van der Waals surface area contributed by atoms with E-state index >= 15 is 0 Å². The fraction of sp³-hybridized carbons (Fsp3) is 0. The summed E-state index contributed by atoms with van der Waals surface area (Å²) in [7, 11) is 0. The van der Waals surface area contributed by atoms with E-state index in [1.807, 2.05) is 0 Å². The first-order valence-electron chi connectivity index (χ1n) is 3.24. The first kappa shape index (κ1) is 7.31. The van der Waals surface area contributed by atoms with Gasteiger partial charge in [0.15, 0.2) is 0 Å². The molecule has 60 valence electrons. The fourth-order valence-corrected chi connectivity index (χ4v) is 1.26. The minimum atomic E-state index is -0.644.